The summed E-state index contributed by atoms with van der Waals surface area (Å²) in [6.07, 6.45) is 6.40. The van der Waals surface area contributed by atoms with E-state index in [0.717, 1.165) is 23.9 Å². The number of hydrogen-bond acceptors (Lipinski definition) is 3. The summed E-state index contributed by atoms with van der Waals surface area (Å²) in [4.78, 5) is 4.13. The molecule has 1 saturated carbocycles. The Balaban J connectivity index is 1.75. The maximum atomic E-state index is 5.23. The van der Waals surface area contributed by atoms with Gasteiger partial charge in [-0.3, -0.25) is 4.98 Å². The van der Waals surface area contributed by atoms with Crippen LogP contribution in [-0.2, 0) is 11.3 Å². The number of methoxy groups -OCH3 is 1. The molecule has 0 saturated heterocycles. The summed E-state index contributed by atoms with van der Waals surface area (Å²) in [5, 5.41) is 3.49. The van der Waals surface area contributed by atoms with Crippen LogP contribution >= 0.6 is 15.9 Å². The molecule has 15 heavy (non-hydrogen) atoms. The quantitative estimate of drug-likeness (QED) is 0.910. The molecular weight excluding hydrogens is 256 g/mol. The first-order valence-electron chi connectivity index (χ1n) is 5.13. The second-order valence-corrected chi connectivity index (χ2v) is 4.83. The Morgan fingerprint density at radius 3 is 3.00 bits per heavy atom. The summed E-state index contributed by atoms with van der Waals surface area (Å²) in [6.45, 7) is 0.882. The summed E-state index contributed by atoms with van der Waals surface area (Å²) in [7, 11) is 1.78. The first kappa shape index (κ1) is 11.0. The van der Waals surface area contributed by atoms with E-state index in [1.165, 1.54) is 5.56 Å². The van der Waals surface area contributed by atoms with Gasteiger partial charge < -0.3 is 10.1 Å². The normalized spacial score (nSPS) is 24.9. The molecule has 1 aromatic heterocycles. The number of ether oxygens (including phenoxy) is 1. The van der Waals surface area contributed by atoms with Crippen LogP contribution in [0.25, 0.3) is 0 Å². The first-order chi connectivity index (χ1) is 7.28. The van der Waals surface area contributed by atoms with Crippen LogP contribution in [0.3, 0.4) is 0 Å². The molecule has 0 unspecified atom stereocenters. The van der Waals surface area contributed by atoms with Crippen LogP contribution in [0.5, 0.6) is 0 Å². The predicted molar refractivity (Wildman–Crippen MR) is 62.6 cm³/mol. The standard InChI is InChI=1S/C11H15BrN2O/c1-15-11-3-10(4-11)14-6-8-2-9(12)7-13-5-8/h2,5,7,10-11,14H,3-4,6H2,1H3. The van der Waals surface area contributed by atoms with Gasteiger partial charge in [-0.25, -0.2) is 0 Å². The topological polar surface area (TPSA) is 34.1 Å². The second-order valence-electron chi connectivity index (χ2n) is 3.92. The van der Waals surface area contributed by atoms with Crippen LogP contribution in [-0.4, -0.2) is 24.2 Å². The van der Waals surface area contributed by atoms with Gasteiger partial charge in [0.25, 0.3) is 0 Å². The van der Waals surface area contributed by atoms with E-state index < -0.39 is 0 Å². The van der Waals surface area contributed by atoms with Crippen LogP contribution in [0.2, 0.25) is 0 Å². The Morgan fingerprint density at radius 2 is 2.33 bits per heavy atom. The van der Waals surface area contributed by atoms with Gasteiger partial charge in [-0.15, -0.1) is 0 Å². The van der Waals surface area contributed by atoms with Gasteiger partial charge in [-0.1, -0.05) is 0 Å². The molecule has 0 bridgehead atoms. The van der Waals surface area contributed by atoms with Crippen LogP contribution < -0.4 is 5.32 Å². The lowest BCUT2D eigenvalue weighted by Crippen LogP contribution is -2.44. The summed E-state index contributed by atoms with van der Waals surface area (Å²) in [5.41, 5.74) is 1.21. The van der Waals surface area contributed by atoms with Gasteiger partial charge in [0.1, 0.15) is 0 Å². The molecule has 0 amide bonds. The average molecular weight is 271 g/mol. The lowest BCUT2D eigenvalue weighted by Gasteiger charge is -2.34. The highest BCUT2D eigenvalue weighted by Gasteiger charge is 2.28. The molecule has 0 aromatic carbocycles. The van der Waals surface area contributed by atoms with E-state index in [1.807, 2.05) is 6.20 Å². The molecule has 1 aliphatic carbocycles. The van der Waals surface area contributed by atoms with Crippen molar-refractivity contribution >= 4 is 15.9 Å². The zero-order chi connectivity index (χ0) is 10.7. The van der Waals surface area contributed by atoms with Crippen molar-refractivity contribution in [1.82, 2.24) is 10.3 Å². The third kappa shape index (κ3) is 3.00. The van der Waals surface area contributed by atoms with E-state index in [-0.39, 0.29) is 0 Å². The Bertz CT molecular complexity index is 326. The molecule has 1 N–H and O–H groups in total. The van der Waals surface area contributed by atoms with E-state index in [4.69, 9.17) is 4.74 Å². The lowest BCUT2D eigenvalue weighted by atomic mass is 9.89. The van der Waals surface area contributed by atoms with Crippen molar-refractivity contribution in [3.63, 3.8) is 0 Å². The molecule has 4 heteroatoms. The van der Waals surface area contributed by atoms with Crippen molar-refractivity contribution < 1.29 is 4.74 Å². The third-order valence-electron chi connectivity index (χ3n) is 2.78. The van der Waals surface area contributed by atoms with E-state index >= 15 is 0 Å². The maximum absolute atomic E-state index is 5.23. The highest BCUT2D eigenvalue weighted by Crippen LogP contribution is 2.22. The van der Waals surface area contributed by atoms with E-state index in [0.29, 0.717) is 12.1 Å². The summed E-state index contributed by atoms with van der Waals surface area (Å²) >= 11 is 3.41. The highest BCUT2D eigenvalue weighted by molar-refractivity contribution is 9.10. The van der Waals surface area contributed by atoms with Gasteiger partial charge in [-0.05, 0) is 40.4 Å². The largest absolute Gasteiger partial charge is 0.381 e. The zero-order valence-electron chi connectivity index (χ0n) is 8.74. The Kier molecular flexibility index (Phi) is 3.72. The molecule has 1 fully saturated rings. The monoisotopic (exact) mass is 270 g/mol. The van der Waals surface area contributed by atoms with Gasteiger partial charge in [0.2, 0.25) is 0 Å². The van der Waals surface area contributed by atoms with Crippen molar-refractivity contribution in [3.05, 3.63) is 28.5 Å². The molecule has 82 valence electrons. The Hall–Kier alpha value is -0.450. The van der Waals surface area contributed by atoms with Gasteiger partial charge in [0.05, 0.1) is 6.10 Å². The smallest absolute Gasteiger partial charge is 0.0601 e. The number of rotatable bonds is 4. The number of nitrogens with one attached hydrogen (secondary N) is 1. The van der Waals surface area contributed by atoms with Crippen molar-refractivity contribution in [2.24, 2.45) is 0 Å². The van der Waals surface area contributed by atoms with Crippen molar-refractivity contribution in [2.75, 3.05) is 7.11 Å². The fourth-order valence-electron chi connectivity index (χ4n) is 1.74. The number of aromatic nitrogens is 1. The predicted octanol–water partition coefficient (Wildman–Crippen LogP) is 2.11. The number of halogens is 1. The fourth-order valence-corrected chi connectivity index (χ4v) is 2.15. The molecule has 0 radical (unpaired) electrons. The van der Waals surface area contributed by atoms with Crippen LogP contribution in [0.4, 0.5) is 0 Å². The third-order valence-corrected chi connectivity index (χ3v) is 3.22. The molecule has 2 rings (SSSR count). The molecule has 0 atom stereocenters. The van der Waals surface area contributed by atoms with Crippen molar-refractivity contribution in [2.45, 2.75) is 31.5 Å². The van der Waals surface area contributed by atoms with Crippen LogP contribution in [0.15, 0.2) is 22.9 Å². The van der Waals surface area contributed by atoms with Gasteiger partial charge >= 0.3 is 0 Å². The Morgan fingerprint density at radius 1 is 1.53 bits per heavy atom. The SMILES string of the molecule is COC1CC(NCc2cncc(Br)c2)C1. The number of pyridine rings is 1. The second kappa shape index (κ2) is 5.05. The molecule has 0 spiro atoms. The Labute approximate surface area is 98.4 Å². The zero-order valence-corrected chi connectivity index (χ0v) is 10.3. The van der Waals surface area contributed by atoms with Gasteiger partial charge in [-0.2, -0.15) is 0 Å². The minimum atomic E-state index is 0.461. The minimum absolute atomic E-state index is 0.461. The summed E-state index contributed by atoms with van der Waals surface area (Å²) in [5.74, 6) is 0. The lowest BCUT2D eigenvalue weighted by molar-refractivity contribution is 0.0170. The first-order valence-corrected chi connectivity index (χ1v) is 5.93. The fraction of sp³-hybridized carbons (Fsp3) is 0.545. The number of hydrogen-bond donors (Lipinski definition) is 1. The van der Waals surface area contributed by atoms with Crippen LogP contribution in [0.1, 0.15) is 18.4 Å². The molecule has 1 aromatic rings. The van der Waals surface area contributed by atoms with E-state index in [1.54, 1.807) is 13.3 Å². The van der Waals surface area contributed by atoms with E-state index in [9.17, 15) is 0 Å². The van der Waals surface area contributed by atoms with Crippen LogP contribution in [0, 0.1) is 0 Å². The minimum Gasteiger partial charge on any atom is -0.381 e. The number of nitrogens with zero attached hydrogens (tertiary/aromatic N) is 1. The molecule has 3 nitrogen and oxygen atoms in total. The summed E-state index contributed by atoms with van der Waals surface area (Å²) in [6, 6.07) is 2.70. The maximum Gasteiger partial charge on any atom is 0.0601 e. The molecule has 1 heterocycles. The van der Waals surface area contributed by atoms with Crippen molar-refractivity contribution in [1.29, 1.82) is 0 Å². The molecule has 1 aliphatic rings. The van der Waals surface area contributed by atoms with E-state index in [2.05, 4.69) is 32.3 Å². The van der Waals surface area contributed by atoms with Gasteiger partial charge in [0, 0.05) is 36.6 Å². The van der Waals surface area contributed by atoms with Crippen molar-refractivity contribution in [3.8, 4) is 0 Å². The molecular formula is C11H15BrN2O. The molecule has 0 aliphatic heterocycles. The summed E-state index contributed by atoms with van der Waals surface area (Å²) < 4.78 is 6.26. The van der Waals surface area contributed by atoms with Gasteiger partial charge in [0.15, 0.2) is 0 Å². The average Bonchev–Trinajstić information content (AvgIpc) is 2.16. The highest BCUT2D eigenvalue weighted by atomic mass is 79.9.